The number of carbonyl (C=O) groups excluding carboxylic acids is 2. The fourth-order valence-electron chi connectivity index (χ4n) is 6.15. The first kappa shape index (κ1) is 25.4. The molecule has 2 atom stereocenters. The number of hydrogen-bond acceptors (Lipinski definition) is 6. The number of para-hydroxylation sites is 1. The zero-order valence-electron chi connectivity index (χ0n) is 22.7. The third-order valence-corrected chi connectivity index (χ3v) is 8.29. The molecular formula is C32H33NO6. The van der Waals surface area contributed by atoms with E-state index in [0.29, 0.717) is 28.3 Å². The minimum Gasteiger partial charge on any atom is -0.496 e. The van der Waals surface area contributed by atoms with Gasteiger partial charge in [-0.2, -0.15) is 0 Å². The Labute approximate surface area is 227 Å². The van der Waals surface area contributed by atoms with Crippen molar-refractivity contribution in [1.82, 2.24) is 0 Å². The smallest absolute Gasteiger partial charge is 0.342 e. The molecule has 0 radical (unpaired) electrons. The second kappa shape index (κ2) is 10.0. The number of ether oxygens (including phenoxy) is 3. The molecule has 0 bridgehead atoms. The molecule has 0 N–H and O–H groups in total. The fraction of sp³-hybridized carbons (Fsp3) is 0.375. The van der Waals surface area contributed by atoms with Crippen LogP contribution in [0.3, 0.4) is 0 Å². The summed E-state index contributed by atoms with van der Waals surface area (Å²) in [6.45, 7) is 3.99. The highest BCUT2D eigenvalue weighted by Gasteiger charge is 2.38. The molecule has 1 saturated carbocycles. The number of rotatable bonds is 5. The lowest BCUT2D eigenvalue weighted by Gasteiger charge is -2.37. The normalized spacial score (nSPS) is 22.0. The first-order valence-electron chi connectivity index (χ1n) is 13.6. The Balaban J connectivity index is 1.46. The molecule has 202 valence electrons. The van der Waals surface area contributed by atoms with E-state index in [-0.39, 0.29) is 17.9 Å². The number of benzene rings is 3. The number of carbonyl (C=O) groups is 2. The van der Waals surface area contributed by atoms with Crippen LogP contribution in [-0.4, -0.2) is 32.3 Å². The Morgan fingerprint density at radius 3 is 2.44 bits per heavy atom. The summed E-state index contributed by atoms with van der Waals surface area (Å²) in [4.78, 5) is 28.3. The lowest BCUT2D eigenvalue weighted by molar-refractivity contribution is -0.125. The molecule has 3 aromatic carbocycles. The quantitative estimate of drug-likeness (QED) is 0.260. The maximum absolute atomic E-state index is 13.8. The zero-order valence-corrected chi connectivity index (χ0v) is 22.7. The predicted molar refractivity (Wildman–Crippen MR) is 149 cm³/mol. The summed E-state index contributed by atoms with van der Waals surface area (Å²) in [5.74, 6) is 0.884. The van der Waals surface area contributed by atoms with Crippen LogP contribution < -0.4 is 9.64 Å². The molecule has 4 aromatic rings. The van der Waals surface area contributed by atoms with Gasteiger partial charge in [0.25, 0.3) is 0 Å². The molecule has 0 spiro atoms. The average Bonchev–Trinajstić information content (AvgIpc) is 3.30. The van der Waals surface area contributed by atoms with Crippen molar-refractivity contribution in [3.8, 4) is 5.75 Å². The molecule has 1 aliphatic carbocycles. The van der Waals surface area contributed by atoms with Gasteiger partial charge in [0.1, 0.15) is 23.0 Å². The van der Waals surface area contributed by atoms with E-state index in [1.54, 1.807) is 32.1 Å². The number of furan rings is 1. The molecule has 2 heterocycles. The third-order valence-electron chi connectivity index (χ3n) is 8.29. The van der Waals surface area contributed by atoms with E-state index < -0.39 is 12.2 Å². The van der Waals surface area contributed by atoms with Gasteiger partial charge < -0.3 is 18.6 Å². The Morgan fingerprint density at radius 1 is 0.949 bits per heavy atom. The molecule has 2 unspecified atom stereocenters. The van der Waals surface area contributed by atoms with Crippen LogP contribution >= 0.6 is 0 Å². The summed E-state index contributed by atoms with van der Waals surface area (Å²) in [6, 6.07) is 17.3. The minimum absolute atomic E-state index is 0.0200. The Hall–Kier alpha value is -3.84. The molecule has 2 aliphatic rings. The summed E-state index contributed by atoms with van der Waals surface area (Å²) < 4.78 is 23.3. The van der Waals surface area contributed by atoms with Crippen molar-refractivity contribution in [3.63, 3.8) is 0 Å². The first-order valence-corrected chi connectivity index (χ1v) is 13.6. The predicted octanol–water partition coefficient (Wildman–Crippen LogP) is 7.01. The number of hydrogen-bond donors (Lipinski definition) is 0. The SMILES string of the molecule is COc1ccccc1C(OC)c1ccc2oc3cc4c(cc3c2c1)N(C(=O)C1CCC(C)CC1)C(C)OC4=O. The maximum Gasteiger partial charge on any atom is 0.342 e. The maximum atomic E-state index is 13.8. The second-order valence-electron chi connectivity index (χ2n) is 10.8. The van der Waals surface area contributed by atoms with Crippen LogP contribution in [0.15, 0.2) is 59.0 Å². The highest BCUT2D eigenvalue weighted by Crippen LogP contribution is 2.41. The molecule has 39 heavy (non-hydrogen) atoms. The summed E-state index contributed by atoms with van der Waals surface area (Å²) in [5, 5.41) is 1.71. The summed E-state index contributed by atoms with van der Waals surface area (Å²) in [5.41, 5.74) is 4.04. The van der Waals surface area contributed by atoms with Crippen LogP contribution in [-0.2, 0) is 14.3 Å². The highest BCUT2D eigenvalue weighted by molar-refractivity contribution is 6.13. The molecule has 1 aliphatic heterocycles. The Morgan fingerprint density at radius 2 is 1.69 bits per heavy atom. The van der Waals surface area contributed by atoms with Gasteiger partial charge >= 0.3 is 5.97 Å². The van der Waals surface area contributed by atoms with Crippen molar-refractivity contribution >= 4 is 39.5 Å². The van der Waals surface area contributed by atoms with Crippen molar-refractivity contribution in [2.24, 2.45) is 11.8 Å². The monoisotopic (exact) mass is 527 g/mol. The van der Waals surface area contributed by atoms with E-state index in [1.165, 1.54) is 0 Å². The van der Waals surface area contributed by atoms with E-state index >= 15 is 0 Å². The molecule has 6 rings (SSSR count). The molecule has 1 fully saturated rings. The van der Waals surface area contributed by atoms with Gasteiger partial charge in [-0.05, 0) is 74.4 Å². The van der Waals surface area contributed by atoms with Gasteiger partial charge in [0.2, 0.25) is 5.91 Å². The van der Waals surface area contributed by atoms with Crippen LogP contribution in [0, 0.1) is 11.8 Å². The Kier molecular flexibility index (Phi) is 6.55. The van der Waals surface area contributed by atoms with Crippen LogP contribution in [0.5, 0.6) is 5.75 Å². The lowest BCUT2D eigenvalue weighted by Crippen LogP contribution is -2.48. The molecule has 1 aromatic heterocycles. The van der Waals surface area contributed by atoms with E-state index in [2.05, 4.69) is 6.92 Å². The van der Waals surface area contributed by atoms with E-state index in [1.807, 2.05) is 48.5 Å². The van der Waals surface area contributed by atoms with E-state index in [0.717, 1.165) is 53.3 Å². The summed E-state index contributed by atoms with van der Waals surface area (Å²) in [7, 11) is 3.32. The van der Waals surface area contributed by atoms with Crippen molar-refractivity contribution in [2.75, 3.05) is 19.1 Å². The van der Waals surface area contributed by atoms with Gasteiger partial charge in [-0.1, -0.05) is 31.2 Å². The number of amides is 1. The van der Waals surface area contributed by atoms with Crippen molar-refractivity contribution in [1.29, 1.82) is 0 Å². The van der Waals surface area contributed by atoms with Crippen molar-refractivity contribution in [2.45, 2.75) is 51.9 Å². The summed E-state index contributed by atoms with van der Waals surface area (Å²) in [6.07, 6.45) is 2.75. The number of esters is 1. The van der Waals surface area contributed by atoms with Gasteiger partial charge in [-0.15, -0.1) is 0 Å². The summed E-state index contributed by atoms with van der Waals surface area (Å²) >= 11 is 0. The van der Waals surface area contributed by atoms with Crippen LogP contribution in [0.1, 0.15) is 67.1 Å². The van der Waals surface area contributed by atoms with Gasteiger partial charge in [0, 0.05) is 29.4 Å². The molecule has 0 saturated heterocycles. The average molecular weight is 528 g/mol. The van der Waals surface area contributed by atoms with Crippen LogP contribution in [0.2, 0.25) is 0 Å². The Bertz CT molecular complexity index is 1560. The second-order valence-corrected chi connectivity index (χ2v) is 10.8. The van der Waals surface area contributed by atoms with Crippen LogP contribution in [0.25, 0.3) is 21.9 Å². The first-order chi connectivity index (χ1) is 18.9. The zero-order chi connectivity index (χ0) is 27.3. The molecule has 7 nitrogen and oxygen atoms in total. The minimum atomic E-state index is -0.675. The van der Waals surface area contributed by atoms with E-state index in [4.69, 9.17) is 18.6 Å². The van der Waals surface area contributed by atoms with Crippen LogP contribution in [0.4, 0.5) is 5.69 Å². The number of anilines is 1. The fourth-order valence-corrected chi connectivity index (χ4v) is 6.15. The number of methoxy groups -OCH3 is 2. The van der Waals surface area contributed by atoms with E-state index in [9.17, 15) is 9.59 Å². The van der Waals surface area contributed by atoms with Crippen molar-refractivity contribution in [3.05, 3.63) is 71.3 Å². The number of nitrogens with zero attached hydrogens (tertiary/aromatic N) is 1. The molecular weight excluding hydrogens is 494 g/mol. The lowest BCUT2D eigenvalue weighted by atomic mass is 9.82. The standard InChI is InChI=1S/C32H33NO6/c1-18-9-11-20(12-10-18)31(34)33-19(2)38-32(35)25-17-29-24(16-26(25)33)23-15-21(13-14-28(23)39-29)30(37-4)22-7-5-6-8-27(22)36-3/h5-8,13-20,30H,9-12H2,1-4H3. The van der Waals surface area contributed by atoms with Gasteiger partial charge in [-0.25, -0.2) is 4.79 Å². The number of cyclic esters (lactones) is 1. The molecule has 1 amide bonds. The van der Waals surface area contributed by atoms with Gasteiger partial charge in [0.05, 0.1) is 18.4 Å². The highest BCUT2D eigenvalue weighted by atomic mass is 16.6. The topological polar surface area (TPSA) is 78.2 Å². The molecule has 7 heteroatoms. The largest absolute Gasteiger partial charge is 0.496 e. The third kappa shape index (κ3) is 4.35. The van der Waals surface area contributed by atoms with Gasteiger partial charge in [0.15, 0.2) is 6.23 Å². The number of fused-ring (bicyclic) bond motifs is 4. The van der Waals surface area contributed by atoms with Gasteiger partial charge in [-0.3, -0.25) is 9.69 Å². The van der Waals surface area contributed by atoms with Crippen molar-refractivity contribution < 1.29 is 28.2 Å².